The van der Waals surface area contributed by atoms with Gasteiger partial charge in [-0.15, -0.1) is 0 Å². The van der Waals surface area contributed by atoms with Gasteiger partial charge in [-0.05, 0) is 11.8 Å². The highest BCUT2D eigenvalue weighted by Crippen LogP contribution is 2.11. The largest absolute Gasteiger partial charge is 0.457 e. The second-order valence-electron chi connectivity index (χ2n) is 0.947. The standard InChI is InChI=1S/C3H4O2S/c4-3-5-1-2-6-3/h1-2H2. The molecule has 0 bridgehead atoms. The second-order valence-corrected chi connectivity index (χ2v) is 1.98. The summed E-state index contributed by atoms with van der Waals surface area (Å²) < 4.78 is 4.48. The van der Waals surface area contributed by atoms with Crippen LogP contribution in [0.25, 0.3) is 0 Å². The average Bonchev–Trinajstić information content (AvgIpc) is 1.86. The number of hydrogen-bond donors (Lipinski definition) is 0. The third kappa shape index (κ3) is 0.653. The minimum atomic E-state index is -0.130. The molecule has 1 aliphatic heterocycles. The Kier molecular flexibility index (Phi) is 1.01. The molecule has 0 aromatic carbocycles. The van der Waals surface area contributed by atoms with Gasteiger partial charge in [0.25, 0.3) is 0 Å². The number of carbonyl (C=O) groups excluding carboxylic acids is 1. The van der Waals surface area contributed by atoms with Crippen molar-refractivity contribution in [3.63, 3.8) is 0 Å². The number of thioether (sulfide) groups is 1. The van der Waals surface area contributed by atoms with Gasteiger partial charge in [0.15, 0.2) is 0 Å². The summed E-state index contributed by atoms with van der Waals surface area (Å²) in [5.41, 5.74) is 0. The predicted molar refractivity (Wildman–Crippen MR) is 23.8 cm³/mol. The molecule has 6 heavy (non-hydrogen) atoms. The molecule has 1 fully saturated rings. The Bertz CT molecular complexity index is 63.2. The van der Waals surface area contributed by atoms with E-state index in [2.05, 4.69) is 4.74 Å². The van der Waals surface area contributed by atoms with Crippen molar-refractivity contribution in [1.29, 1.82) is 0 Å². The Morgan fingerprint density at radius 1 is 1.83 bits per heavy atom. The zero-order valence-corrected chi connectivity index (χ0v) is 3.96. The van der Waals surface area contributed by atoms with Gasteiger partial charge in [0.2, 0.25) is 0 Å². The van der Waals surface area contributed by atoms with Crippen LogP contribution in [0.2, 0.25) is 0 Å². The Morgan fingerprint density at radius 3 is 2.83 bits per heavy atom. The van der Waals surface area contributed by atoms with Crippen molar-refractivity contribution in [3.8, 4) is 0 Å². The van der Waals surface area contributed by atoms with E-state index >= 15 is 0 Å². The minimum absolute atomic E-state index is 0.130. The molecule has 1 rings (SSSR count). The van der Waals surface area contributed by atoms with E-state index in [9.17, 15) is 4.79 Å². The highest BCUT2D eigenvalue weighted by molar-refractivity contribution is 8.13. The van der Waals surface area contributed by atoms with Crippen LogP contribution in [0.4, 0.5) is 4.79 Å². The van der Waals surface area contributed by atoms with Crippen LogP contribution in [0.1, 0.15) is 0 Å². The summed E-state index contributed by atoms with van der Waals surface area (Å²) in [7, 11) is 0. The fourth-order valence-electron chi connectivity index (χ4n) is 0.292. The van der Waals surface area contributed by atoms with Crippen LogP contribution in [0.15, 0.2) is 0 Å². The molecule has 34 valence electrons. The van der Waals surface area contributed by atoms with Crippen LogP contribution in [0.3, 0.4) is 0 Å². The zero-order valence-electron chi connectivity index (χ0n) is 3.14. The highest BCUT2D eigenvalue weighted by Gasteiger charge is 2.09. The molecule has 1 heterocycles. The van der Waals surface area contributed by atoms with Crippen LogP contribution in [0, 0.1) is 0 Å². The van der Waals surface area contributed by atoms with Crippen molar-refractivity contribution < 1.29 is 9.53 Å². The molecule has 2 nitrogen and oxygen atoms in total. The van der Waals surface area contributed by atoms with Gasteiger partial charge in [-0.3, -0.25) is 0 Å². The Labute approximate surface area is 39.9 Å². The van der Waals surface area contributed by atoms with Crippen molar-refractivity contribution in [2.24, 2.45) is 0 Å². The molecule has 3 heteroatoms. The highest BCUT2D eigenvalue weighted by atomic mass is 32.2. The minimum Gasteiger partial charge on any atom is -0.457 e. The molecule has 0 aromatic heterocycles. The Morgan fingerprint density at radius 2 is 2.67 bits per heavy atom. The number of hydrogen-bond acceptors (Lipinski definition) is 3. The quantitative estimate of drug-likeness (QED) is 0.426. The topological polar surface area (TPSA) is 26.3 Å². The SMILES string of the molecule is O=C1OCCS1. The maximum absolute atomic E-state index is 9.98. The summed E-state index contributed by atoms with van der Waals surface area (Å²) in [5, 5.41) is -0.130. The molecule has 1 saturated heterocycles. The van der Waals surface area contributed by atoms with Gasteiger partial charge in [0.05, 0.1) is 0 Å². The van der Waals surface area contributed by atoms with E-state index in [1.54, 1.807) is 0 Å². The molecule has 0 radical (unpaired) electrons. The van der Waals surface area contributed by atoms with Crippen molar-refractivity contribution in [1.82, 2.24) is 0 Å². The van der Waals surface area contributed by atoms with Crippen molar-refractivity contribution in [3.05, 3.63) is 0 Å². The third-order valence-corrected chi connectivity index (χ3v) is 1.25. The summed E-state index contributed by atoms with van der Waals surface area (Å²) in [4.78, 5) is 9.98. The number of carbonyl (C=O) groups is 1. The lowest BCUT2D eigenvalue weighted by Crippen LogP contribution is -1.83. The average molecular weight is 104 g/mol. The third-order valence-electron chi connectivity index (χ3n) is 0.523. The Balaban J connectivity index is 2.37. The molecule has 0 amide bonds. The van der Waals surface area contributed by atoms with Gasteiger partial charge in [0.1, 0.15) is 6.61 Å². The van der Waals surface area contributed by atoms with Crippen LogP contribution >= 0.6 is 11.8 Å². The van der Waals surface area contributed by atoms with Crippen LogP contribution < -0.4 is 0 Å². The van der Waals surface area contributed by atoms with Gasteiger partial charge in [0, 0.05) is 5.75 Å². The first kappa shape index (κ1) is 3.99. The van der Waals surface area contributed by atoms with E-state index < -0.39 is 0 Å². The predicted octanol–water partition coefficient (Wildman–Crippen LogP) is 0.870. The Hall–Kier alpha value is -0.180. The number of ether oxygens (including phenoxy) is 1. The fraction of sp³-hybridized carbons (Fsp3) is 0.667. The van der Waals surface area contributed by atoms with Gasteiger partial charge < -0.3 is 4.74 Å². The summed E-state index contributed by atoms with van der Waals surface area (Å²) in [5.74, 6) is 0.832. The number of rotatable bonds is 0. The monoisotopic (exact) mass is 104 g/mol. The van der Waals surface area contributed by atoms with Gasteiger partial charge in [-0.1, -0.05) is 0 Å². The van der Waals surface area contributed by atoms with E-state index in [4.69, 9.17) is 0 Å². The van der Waals surface area contributed by atoms with Crippen LogP contribution in [-0.2, 0) is 4.74 Å². The van der Waals surface area contributed by atoms with Gasteiger partial charge >= 0.3 is 5.30 Å². The van der Waals surface area contributed by atoms with E-state index in [1.807, 2.05) is 0 Å². The molecule has 0 spiro atoms. The van der Waals surface area contributed by atoms with E-state index in [1.165, 1.54) is 11.8 Å². The molecule has 0 N–H and O–H groups in total. The smallest absolute Gasteiger partial charge is 0.367 e. The normalized spacial score (nSPS) is 21.0. The first-order valence-corrected chi connectivity index (χ1v) is 2.68. The first-order chi connectivity index (χ1) is 2.89. The number of cyclic esters (lactones) is 1. The fourth-order valence-corrected chi connectivity index (χ4v) is 0.792. The molecule has 0 unspecified atom stereocenters. The maximum Gasteiger partial charge on any atom is 0.367 e. The lowest BCUT2D eigenvalue weighted by molar-refractivity contribution is 0.188. The molecule has 1 aliphatic rings. The van der Waals surface area contributed by atoms with Crippen molar-refractivity contribution >= 4 is 17.1 Å². The lowest BCUT2D eigenvalue weighted by Gasteiger charge is -1.79. The summed E-state index contributed by atoms with van der Waals surface area (Å²) >= 11 is 1.24. The molecule has 0 atom stereocenters. The van der Waals surface area contributed by atoms with E-state index in [0.29, 0.717) is 6.61 Å². The molecule has 0 aromatic rings. The van der Waals surface area contributed by atoms with E-state index in [0.717, 1.165) is 5.75 Å². The van der Waals surface area contributed by atoms with Gasteiger partial charge in [-0.25, -0.2) is 4.79 Å². The van der Waals surface area contributed by atoms with Crippen molar-refractivity contribution in [2.75, 3.05) is 12.4 Å². The summed E-state index contributed by atoms with van der Waals surface area (Å²) in [6, 6.07) is 0. The molecular weight excluding hydrogens is 100 g/mol. The van der Waals surface area contributed by atoms with Crippen LogP contribution in [-0.4, -0.2) is 17.7 Å². The second kappa shape index (κ2) is 1.51. The summed E-state index contributed by atoms with van der Waals surface area (Å²) in [6.07, 6.45) is 0. The molecule has 0 aliphatic carbocycles. The first-order valence-electron chi connectivity index (χ1n) is 1.69. The van der Waals surface area contributed by atoms with Gasteiger partial charge in [-0.2, -0.15) is 0 Å². The molecule has 0 saturated carbocycles. The lowest BCUT2D eigenvalue weighted by atomic mass is 10.9. The zero-order chi connectivity index (χ0) is 4.41. The maximum atomic E-state index is 9.98. The summed E-state index contributed by atoms with van der Waals surface area (Å²) in [6.45, 7) is 0.601. The molecular formula is C3H4O2S. The van der Waals surface area contributed by atoms with E-state index in [-0.39, 0.29) is 5.30 Å². The van der Waals surface area contributed by atoms with Crippen LogP contribution in [0.5, 0.6) is 0 Å². The van der Waals surface area contributed by atoms with Crippen molar-refractivity contribution in [2.45, 2.75) is 0 Å².